The average Bonchev–Trinajstić information content (AvgIpc) is 2.18. The molecule has 0 unspecified atom stereocenters. The van der Waals surface area contributed by atoms with Gasteiger partial charge in [-0.15, -0.1) is 0 Å². The van der Waals surface area contributed by atoms with E-state index in [1.54, 1.807) is 12.1 Å². The second kappa shape index (κ2) is 2.99. The zero-order chi connectivity index (χ0) is 10.1. The van der Waals surface area contributed by atoms with E-state index in [9.17, 15) is 14.7 Å². The van der Waals surface area contributed by atoms with Gasteiger partial charge in [-0.1, -0.05) is 6.07 Å². The number of rotatable bonds is 1. The number of H-pyrrole nitrogens is 1. The highest BCUT2D eigenvalue weighted by atomic mass is 16.3. The van der Waals surface area contributed by atoms with Crippen molar-refractivity contribution >= 4 is 17.2 Å². The molecule has 0 aliphatic carbocycles. The Labute approximate surface area is 78.8 Å². The van der Waals surface area contributed by atoms with Crippen LogP contribution in [0, 0.1) is 0 Å². The highest BCUT2D eigenvalue weighted by molar-refractivity contribution is 5.89. The number of phenolic OH excluding ortho intramolecular Hbond substituents is 1. The molecule has 0 aliphatic heterocycles. The summed E-state index contributed by atoms with van der Waals surface area (Å²) in [6.45, 7) is 0. The lowest BCUT2D eigenvalue weighted by Crippen LogP contribution is -2.09. The third-order valence-electron chi connectivity index (χ3n) is 2.04. The van der Waals surface area contributed by atoms with E-state index in [1.807, 2.05) is 0 Å². The summed E-state index contributed by atoms with van der Waals surface area (Å²) < 4.78 is 0. The Bertz CT molecular complexity index is 557. The summed E-state index contributed by atoms with van der Waals surface area (Å²) >= 11 is 0. The summed E-state index contributed by atoms with van der Waals surface area (Å²) in [5.41, 5.74) is 0.0754. The zero-order valence-corrected chi connectivity index (χ0v) is 7.15. The SMILES string of the molecule is O=Cc1c[nH]c2cccc(O)c2c1=O. The summed E-state index contributed by atoms with van der Waals surface area (Å²) in [4.78, 5) is 24.8. The monoisotopic (exact) mass is 189 g/mol. The number of pyridine rings is 1. The molecule has 14 heavy (non-hydrogen) atoms. The third kappa shape index (κ3) is 1.08. The second-order valence-corrected chi connectivity index (χ2v) is 2.89. The fraction of sp³-hybridized carbons (Fsp3) is 0. The van der Waals surface area contributed by atoms with Crippen LogP contribution in [0.5, 0.6) is 5.75 Å². The van der Waals surface area contributed by atoms with Crippen LogP contribution in [-0.2, 0) is 0 Å². The first-order valence-electron chi connectivity index (χ1n) is 4.02. The van der Waals surface area contributed by atoms with E-state index in [2.05, 4.69) is 4.98 Å². The molecule has 0 fully saturated rings. The van der Waals surface area contributed by atoms with Gasteiger partial charge in [0.2, 0.25) is 5.43 Å². The molecule has 1 aromatic heterocycles. The van der Waals surface area contributed by atoms with Crippen molar-refractivity contribution in [3.63, 3.8) is 0 Å². The fourth-order valence-corrected chi connectivity index (χ4v) is 1.35. The molecule has 2 aromatic rings. The van der Waals surface area contributed by atoms with Crippen molar-refractivity contribution in [3.8, 4) is 5.75 Å². The Morgan fingerprint density at radius 2 is 2.14 bits per heavy atom. The molecule has 0 spiro atoms. The summed E-state index contributed by atoms with van der Waals surface area (Å²) in [7, 11) is 0. The number of hydrogen-bond donors (Lipinski definition) is 2. The lowest BCUT2D eigenvalue weighted by molar-refractivity contribution is 0.112. The van der Waals surface area contributed by atoms with Crippen molar-refractivity contribution in [2.75, 3.05) is 0 Å². The van der Waals surface area contributed by atoms with Crippen molar-refractivity contribution in [2.45, 2.75) is 0 Å². The van der Waals surface area contributed by atoms with E-state index in [1.165, 1.54) is 12.3 Å². The Balaban J connectivity index is 3.01. The summed E-state index contributed by atoms with van der Waals surface area (Å²) in [5.74, 6) is -0.118. The first-order chi connectivity index (χ1) is 6.74. The topological polar surface area (TPSA) is 70.2 Å². The Kier molecular flexibility index (Phi) is 1.81. The van der Waals surface area contributed by atoms with Crippen molar-refractivity contribution < 1.29 is 9.90 Å². The molecule has 0 amide bonds. The van der Waals surface area contributed by atoms with Gasteiger partial charge in [-0.05, 0) is 12.1 Å². The number of phenols is 1. The number of benzene rings is 1. The van der Waals surface area contributed by atoms with Gasteiger partial charge >= 0.3 is 0 Å². The van der Waals surface area contributed by atoms with Gasteiger partial charge in [0.1, 0.15) is 5.75 Å². The maximum Gasteiger partial charge on any atom is 0.203 e. The molecule has 0 atom stereocenters. The molecule has 0 saturated heterocycles. The van der Waals surface area contributed by atoms with E-state index in [-0.39, 0.29) is 16.7 Å². The Morgan fingerprint density at radius 3 is 2.86 bits per heavy atom. The van der Waals surface area contributed by atoms with Gasteiger partial charge in [0.15, 0.2) is 6.29 Å². The number of aromatic amines is 1. The lowest BCUT2D eigenvalue weighted by Gasteiger charge is -1.99. The fourth-order valence-electron chi connectivity index (χ4n) is 1.35. The second-order valence-electron chi connectivity index (χ2n) is 2.89. The van der Waals surface area contributed by atoms with Crippen molar-refractivity contribution in [2.24, 2.45) is 0 Å². The molecule has 1 heterocycles. The van der Waals surface area contributed by atoms with Crippen LogP contribution in [0.2, 0.25) is 0 Å². The van der Waals surface area contributed by atoms with Crippen LogP contribution in [0.1, 0.15) is 10.4 Å². The smallest absolute Gasteiger partial charge is 0.203 e. The van der Waals surface area contributed by atoms with E-state index in [0.29, 0.717) is 11.8 Å². The number of aromatic nitrogens is 1. The Hall–Kier alpha value is -2.10. The minimum Gasteiger partial charge on any atom is -0.507 e. The predicted molar refractivity (Wildman–Crippen MR) is 51.6 cm³/mol. The first kappa shape index (κ1) is 8.50. The minimum absolute atomic E-state index is 0.0130. The summed E-state index contributed by atoms with van der Waals surface area (Å²) in [6, 6.07) is 4.69. The number of fused-ring (bicyclic) bond motifs is 1. The van der Waals surface area contributed by atoms with E-state index in [0.717, 1.165) is 0 Å². The van der Waals surface area contributed by atoms with E-state index in [4.69, 9.17) is 0 Å². The minimum atomic E-state index is -0.452. The average molecular weight is 189 g/mol. The standard InChI is InChI=1S/C10H7NO3/c12-5-6-4-11-7-2-1-3-8(13)9(7)10(6)14/h1-5,13H,(H,11,14). The van der Waals surface area contributed by atoms with Crippen LogP contribution in [0.3, 0.4) is 0 Å². The normalized spacial score (nSPS) is 10.3. The van der Waals surface area contributed by atoms with Crippen molar-refractivity contribution in [1.82, 2.24) is 4.98 Å². The molecule has 0 aliphatic rings. The van der Waals surface area contributed by atoms with Crippen LogP contribution < -0.4 is 5.43 Å². The number of carbonyl (C=O) groups is 1. The van der Waals surface area contributed by atoms with E-state index < -0.39 is 5.43 Å². The van der Waals surface area contributed by atoms with Gasteiger partial charge in [0.05, 0.1) is 16.5 Å². The van der Waals surface area contributed by atoms with Gasteiger partial charge in [-0.25, -0.2) is 0 Å². The van der Waals surface area contributed by atoms with Gasteiger partial charge in [-0.3, -0.25) is 9.59 Å². The predicted octanol–water partition coefficient (Wildman–Crippen LogP) is 1.05. The number of nitrogens with one attached hydrogen (secondary N) is 1. The highest BCUT2D eigenvalue weighted by Gasteiger charge is 2.07. The molecule has 70 valence electrons. The molecule has 2 rings (SSSR count). The molecule has 0 bridgehead atoms. The molecule has 0 saturated carbocycles. The molecule has 4 heteroatoms. The Morgan fingerprint density at radius 1 is 1.36 bits per heavy atom. The maximum atomic E-state index is 11.6. The lowest BCUT2D eigenvalue weighted by atomic mass is 10.1. The molecule has 1 aromatic carbocycles. The molecular formula is C10H7NO3. The molecule has 2 N–H and O–H groups in total. The van der Waals surface area contributed by atoms with Crippen molar-refractivity contribution in [3.05, 3.63) is 40.2 Å². The summed E-state index contributed by atoms with van der Waals surface area (Å²) in [5, 5.41) is 9.59. The van der Waals surface area contributed by atoms with E-state index >= 15 is 0 Å². The number of aldehydes is 1. The largest absolute Gasteiger partial charge is 0.507 e. The molecule has 0 radical (unpaired) electrons. The quantitative estimate of drug-likeness (QED) is 0.658. The zero-order valence-electron chi connectivity index (χ0n) is 7.15. The highest BCUT2D eigenvalue weighted by Crippen LogP contribution is 2.18. The third-order valence-corrected chi connectivity index (χ3v) is 2.04. The summed E-state index contributed by atoms with van der Waals surface area (Å²) in [6.07, 6.45) is 1.79. The van der Waals surface area contributed by atoms with Gasteiger partial charge in [0.25, 0.3) is 0 Å². The molecular weight excluding hydrogens is 182 g/mol. The van der Waals surface area contributed by atoms with Crippen molar-refractivity contribution in [1.29, 1.82) is 0 Å². The number of aromatic hydroxyl groups is 1. The van der Waals surface area contributed by atoms with Crippen LogP contribution in [0.4, 0.5) is 0 Å². The first-order valence-corrected chi connectivity index (χ1v) is 4.02. The van der Waals surface area contributed by atoms with Crippen LogP contribution in [0.15, 0.2) is 29.2 Å². The van der Waals surface area contributed by atoms with Gasteiger partial charge < -0.3 is 10.1 Å². The van der Waals surface area contributed by atoms with Crippen LogP contribution in [0.25, 0.3) is 10.9 Å². The number of hydrogen-bond acceptors (Lipinski definition) is 3. The maximum absolute atomic E-state index is 11.6. The van der Waals surface area contributed by atoms with Crippen LogP contribution in [-0.4, -0.2) is 16.4 Å². The molecule has 4 nitrogen and oxygen atoms in total. The number of carbonyl (C=O) groups excluding carboxylic acids is 1. The van der Waals surface area contributed by atoms with Gasteiger partial charge in [-0.2, -0.15) is 0 Å². The van der Waals surface area contributed by atoms with Crippen LogP contribution >= 0.6 is 0 Å². The van der Waals surface area contributed by atoms with Gasteiger partial charge in [0, 0.05) is 6.20 Å².